The molecular formula is C19H24ClN3O2. The third-order valence-electron chi connectivity index (χ3n) is 4.51. The number of hydrogen-bond acceptors (Lipinski definition) is 3. The Morgan fingerprint density at radius 3 is 2.56 bits per heavy atom. The summed E-state index contributed by atoms with van der Waals surface area (Å²) in [4.78, 5) is 18.7. The Kier molecular flexibility index (Phi) is 5.04. The fourth-order valence-corrected chi connectivity index (χ4v) is 3.09. The Balaban J connectivity index is 1.57. The summed E-state index contributed by atoms with van der Waals surface area (Å²) in [6, 6.07) is 7.13. The molecule has 134 valence electrons. The third kappa shape index (κ3) is 4.15. The van der Waals surface area contributed by atoms with Crippen LogP contribution in [0.3, 0.4) is 0 Å². The van der Waals surface area contributed by atoms with E-state index in [9.17, 15) is 4.79 Å². The molecule has 1 N–H and O–H groups in total. The van der Waals surface area contributed by atoms with Crippen LogP contribution in [0, 0.1) is 0 Å². The topological polar surface area (TPSA) is 58.4 Å². The number of para-hydroxylation sites is 1. The molecule has 1 saturated heterocycles. The van der Waals surface area contributed by atoms with Crippen molar-refractivity contribution in [2.24, 2.45) is 0 Å². The molecule has 2 heterocycles. The first-order valence-electron chi connectivity index (χ1n) is 8.61. The molecule has 25 heavy (non-hydrogen) atoms. The molecule has 0 radical (unpaired) electrons. The zero-order valence-electron chi connectivity index (χ0n) is 14.9. The van der Waals surface area contributed by atoms with Gasteiger partial charge in [-0.3, -0.25) is 0 Å². The highest BCUT2D eigenvalue weighted by atomic mass is 35.5. The average molecular weight is 362 g/mol. The van der Waals surface area contributed by atoms with Gasteiger partial charge in [-0.25, -0.2) is 9.78 Å². The number of nitrogens with one attached hydrogen (secondary N) is 1. The summed E-state index contributed by atoms with van der Waals surface area (Å²) in [5, 5.41) is 3.42. The lowest BCUT2D eigenvalue weighted by Gasteiger charge is -2.30. The van der Waals surface area contributed by atoms with E-state index in [2.05, 4.69) is 31.1 Å². The van der Waals surface area contributed by atoms with Crippen molar-refractivity contribution in [2.75, 3.05) is 18.4 Å². The second kappa shape index (κ2) is 7.08. The smallest absolute Gasteiger partial charge is 0.321 e. The molecule has 1 aliphatic rings. The van der Waals surface area contributed by atoms with E-state index >= 15 is 0 Å². The molecule has 0 spiro atoms. The van der Waals surface area contributed by atoms with Gasteiger partial charge in [0, 0.05) is 24.4 Å². The lowest BCUT2D eigenvalue weighted by atomic mass is 9.94. The van der Waals surface area contributed by atoms with Crippen LogP contribution in [0.5, 0.6) is 0 Å². The molecule has 1 aromatic carbocycles. The van der Waals surface area contributed by atoms with Crippen LogP contribution in [-0.4, -0.2) is 29.0 Å². The van der Waals surface area contributed by atoms with E-state index in [1.165, 1.54) is 0 Å². The number of amides is 2. The van der Waals surface area contributed by atoms with Gasteiger partial charge in [0.05, 0.1) is 16.9 Å². The summed E-state index contributed by atoms with van der Waals surface area (Å²) in [7, 11) is 0. The van der Waals surface area contributed by atoms with Crippen LogP contribution in [0.2, 0.25) is 5.02 Å². The fraction of sp³-hybridized carbons (Fsp3) is 0.474. The quantitative estimate of drug-likeness (QED) is 0.815. The van der Waals surface area contributed by atoms with Gasteiger partial charge in [-0.1, -0.05) is 44.5 Å². The number of aromatic nitrogens is 1. The largest absolute Gasteiger partial charge is 0.445 e. The van der Waals surface area contributed by atoms with Gasteiger partial charge in [0.15, 0.2) is 5.89 Å². The predicted molar refractivity (Wildman–Crippen MR) is 99.2 cm³/mol. The van der Waals surface area contributed by atoms with Gasteiger partial charge in [-0.2, -0.15) is 0 Å². The molecule has 0 saturated carbocycles. The summed E-state index contributed by atoms with van der Waals surface area (Å²) >= 11 is 6.10. The summed E-state index contributed by atoms with van der Waals surface area (Å²) in [5.74, 6) is 1.96. The molecule has 0 atom stereocenters. The first-order valence-corrected chi connectivity index (χ1v) is 8.99. The molecule has 5 nitrogen and oxygen atoms in total. The number of carbonyl (C=O) groups is 1. The number of nitrogens with zero attached hydrogens (tertiary/aromatic N) is 2. The number of carbonyl (C=O) groups excluding carboxylic acids is 1. The van der Waals surface area contributed by atoms with Gasteiger partial charge in [-0.15, -0.1) is 0 Å². The SMILES string of the molecule is CC(C)(C)c1cnc(C2CCN(C(=O)Nc3ccccc3Cl)CC2)o1. The molecule has 0 bridgehead atoms. The van der Waals surface area contributed by atoms with Crippen molar-refractivity contribution in [3.63, 3.8) is 0 Å². The summed E-state index contributed by atoms with van der Waals surface area (Å²) in [6.07, 6.45) is 3.52. The second-order valence-electron chi connectivity index (χ2n) is 7.48. The number of hydrogen-bond donors (Lipinski definition) is 1. The van der Waals surface area contributed by atoms with E-state index in [4.69, 9.17) is 16.0 Å². The molecular weight excluding hydrogens is 338 g/mol. The lowest BCUT2D eigenvalue weighted by molar-refractivity contribution is 0.189. The number of piperidine rings is 1. The number of anilines is 1. The number of oxazole rings is 1. The van der Waals surface area contributed by atoms with Crippen molar-refractivity contribution >= 4 is 23.3 Å². The van der Waals surface area contributed by atoms with Crippen LogP contribution in [-0.2, 0) is 5.41 Å². The molecule has 6 heteroatoms. The minimum absolute atomic E-state index is 0.0409. The van der Waals surface area contributed by atoms with Gasteiger partial charge < -0.3 is 14.6 Å². The number of likely N-dealkylation sites (tertiary alicyclic amines) is 1. The van der Waals surface area contributed by atoms with Crippen LogP contribution < -0.4 is 5.32 Å². The van der Waals surface area contributed by atoms with E-state index in [0.29, 0.717) is 23.8 Å². The highest BCUT2D eigenvalue weighted by Gasteiger charge is 2.28. The van der Waals surface area contributed by atoms with E-state index in [-0.39, 0.29) is 17.4 Å². The molecule has 3 rings (SSSR count). The zero-order chi connectivity index (χ0) is 18.0. The maximum absolute atomic E-state index is 12.4. The monoisotopic (exact) mass is 361 g/mol. The van der Waals surface area contributed by atoms with E-state index in [1.54, 1.807) is 12.1 Å². The number of urea groups is 1. The van der Waals surface area contributed by atoms with E-state index < -0.39 is 0 Å². The second-order valence-corrected chi connectivity index (χ2v) is 7.89. The van der Waals surface area contributed by atoms with Crippen molar-refractivity contribution in [2.45, 2.75) is 44.9 Å². The summed E-state index contributed by atoms with van der Waals surface area (Å²) < 4.78 is 5.95. The fourth-order valence-electron chi connectivity index (χ4n) is 2.91. The van der Waals surface area contributed by atoms with Crippen LogP contribution in [0.4, 0.5) is 10.5 Å². The van der Waals surface area contributed by atoms with Crippen LogP contribution in [0.25, 0.3) is 0 Å². The van der Waals surface area contributed by atoms with Gasteiger partial charge in [0.2, 0.25) is 0 Å². The Bertz CT molecular complexity index is 743. The van der Waals surface area contributed by atoms with E-state index in [0.717, 1.165) is 24.5 Å². The zero-order valence-corrected chi connectivity index (χ0v) is 15.6. The van der Waals surface area contributed by atoms with Crippen LogP contribution in [0.15, 0.2) is 34.9 Å². The Morgan fingerprint density at radius 2 is 1.96 bits per heavy atom. The van der Waals surface area contributed by atoms with Crippen molar-refractivity contribution in [3.8, 4) is 0 Å². The average Bonchev–Trinajstić information content (AvgIpc) is 3.07. The van der Waals surface area contributed by atoms with Crippen molar-refractivity contribution in [1.29, 1.82) is 0 Å². The molecule has 1 fully saturated rings. The van der Waals surface area contributed by atoms with Gasteiger partial charge in [0.25, 0.3) is 0 Å². The lowest BCUT2D eigenvalue weighted by Crippen LogP contribution is -2.40. The first-order chi connectivity index (χ1) is 11.8. The summed E-state index contributed by atoms with van der Waals surface area (Å²) in [6.45, 7) is 7.68. The highest BCUT2D eigenvalue weighted by Crippen LogP contribution is 2.31. The normalized spacial score (nSPS) is 16.1. The third-order valence-corrected chi connectivity index (χ3v) is 4.84. The predicted octanol–water partition coefficient (Wildman–Crippen LogP) is 5.04. The molecule has 0 unspecified atom stereocenters. The minimum atomic E-state index is -0.116. The Labute approximate surface area is 153 Å². The number of halogens is 1. The number of benzene rings is 1. The summed E-state index contributed by atoms with van der Waals surface area (Å²) in [5.41, 5.74) is 0.597. The molecule has 0 aliphatic carbocycles. The Morgan fingerprint density at radius 1 is 1.28 bits per heavy atom. The molecule has 2 amide bonds. The van der Waals surface area contributed by atoms with Gasteiger partial charge in [-0.05, 0) is 25.0 Å². The van der Waals surface area contributed by atoms with Crippen molar-refractivity contribution in [3.05, 3.63) is 47.1 Å². The number of rotatable bonds is 2. The van der Waals surface area contributed by atoms with E-state index in [1.807, 2.05) is 23.2 Å². The van der Waals surface area contributed by atoms with Crippen molar-refractivity contribution in [1.82, 2.24) is 9.88 Å². The maximum atomic E-state index is 12.4. The van der Waals surface area contributed by atoms with Gasteiger partial charge in [0.1, 0.15) is 5.76 Å². The minimum Gasteiger partial charge on any atom is -0.445 e. The van der Waals surface area contributed by atoms with Crippen LogP contribution in [0.1, 0.15) is 51.2 Å². The molecule has 1 aromatic heterocycles. The van der Waals surface area contributed by atoms with Crippen LogP contribution >= 0.6 is 11.6 Å². The first kappa shape index (κ1) is 17.8. The van der Waals surface area contributed by atoms with Crippen molar-refractivity contribution < 1.29 is 9.21 Å². The van der Waals surface area contributed by atoms with Gasteiger partial charge >= 0.3 is 6.03 Å². The Hall–Kier alpha value is -2.01. The molecule has 1 aliphatic heterocycles. The maximum Gasteiger partial charge on any atom is 0.321 e. The standard InChI is InChI=1S/C19H24ClN3O2/c1-19(2,3)16-12-21-17(25-16)13-8-10-23(11-9-13)18(24)22-15-7-5-4-6-14(15)20/h4-7,12-13H,8-11H2,1-3H3,(H,22,24). The highest BCUT2D eigenvalue weighted by molar-refractivity contribution is 6.33. The molecule has 2 aromatic rings.